The number of rotatable bonds is 5. The average molecular weight is 484 g/mol. The van der Waals surface area contributed by atoms with E-state index in [0.29, 0.717) is 31.6 Å². The first kappa shape index (κ1) is 26.3. The largest absolute Gasteiger partial charge is 0.550 e. The predicted molar refractivity (Wildman–Crippen MR) is 120 cm³/mol. The molecule has 0 aliphatic heterocycles. The van der Waals surface area contributed by atoms with Gasteiger partial charge < -0.3 is 25.2 Å². The number of halogens is 1. The van der Waals surface area contributed by atoms with Crippen LogP contribution in [0.1, 0.15) is 71.6 Å². The van der Waals surface area contributed by atoms with Crippen LogP contribution in [0, 0.1) is 28.6 Å². The van der Waals surface area contributed by atoms with Gasteiger partial charge in [0.15, 0.2) is 11.6 Å². The minimum atomic E-state index is -1.54. The van der Waals surface area contributed by atoms with Gasteiger partial charge in [-0.2, -0.15) is 0 Å². The van der Waals surface area contributed by atoms with Crippen molar-refractivity contribution in [3.05, 3.63) is 11.6 Å². The number of alkyl halides is 1. The molecule has 3 N–H and O–H groups in total. The lowest BCUT2D eigenvalue weighted by atomic mass is 9.45. The number of ketones is 2. The van der Waals surface area contributed by atoms with Crippen LogP contribution in [-0.2, 0) is 14.4 Å². The highest BCUT2D eigenvalue weighted by Gasteiger charge is 2.68. The molecular weight excluding hydrogens is 448 g/mol. The minimum Gasteiger partial charge on any atom is -0.550 e. The Morgan fingerprint density at radius 1 is 1.21 bits per heavy atom. The second-order valence-electron chi connectivity index (χ2n) is 10.7. The van der Waals surface area contributed by atoms with Gasteiger partial charge in [0.2, 0.25) is 0 Å². The second-order valence-corrected chi connectivity index (χ2v) is 11.1. The summed E-state index contributed by atoms with van der Waals surface area (Å²) in [6, 6.07) is 0. The number of hydrogen-bond acceptors (Lipinski definition) is 7. The second kappa shape index (κ2) is 9.76. The molecule has 0 bridgehead atoms. The van der Waals surface area contributed by atoms with Crippen molar-refractivity contribution in [1.82, 2.24) is 0 Å². The molecule has 0 amide bonds. The summed E-state index contributed by atoms with van der Waals surface area (Å²) in [6.45, 7) is 3.46. The number of aliphatic hydroxyl groups excluding tert-OH is 2. The molecule has 0 radical (unpaired) electrons. The monoisotopic (exact) mass is 483 g/mol. The minimum absolute atomic E-state index is 0.0697. The van der Waals surface area contributed by atoms with Gasteiger partial charge in [0.05, 0.1) is 6.10 Å². The maximum atomic E-state index is 12.4. The molecule has 4 aliphatic carbocycles. The van der Waals surface area contributed by atoms with E-state index in [4.69, 9.17) is 11.6 Å². The summed E-state index contributed by atoms with van der Waals surface area (Å²) in [7, 11) is 0. The highest BCUT2D eigenvalue weighted by atomic mass is 35.5. The summed E-state index contributed by atoms with van der Waals surface area (Å²) in [6.07, 6.45) is 6.31. The zero-order valence-electron chi connectivity index (χ0n) is 19.5. The molecule has 4 rings (SSSR count). The molecule has 0 aromatic rings. The molecule has 0 saturated heterocycles. The van der Waals surface area contributed by atoms with E-state index in [1.165, 1.54) is 5.57 Å². The number of carbonyl (C=O) groups excluding carboxylic acids is 3. The Kier molecular flexibility index (Phi) is 7.79. The summed E-state index contributed by atoms with van der Waals surface area (Å²) in [4.78, 5) is 33.8. The fraction of sp³-hybridized carbons (Fsp3) is 0.800. The van der Waals surface area contributed by atoms with Crippen LogP contribution in [0.3, 0.4) is 0 Å². The molecule has 186 valence electrons. The highest BCUT2D eigenvalue weighted by Crippen LogP contribution is 2.67. The molecule has 0 aromatic carbocycles. The van der Waals surface area contributed by atoms with Gasteiger partial charge >= 0.3 is 0 Å². The fourth-order valence-electron chi connectivity index (χ4n) is 7.49. The highest BCUT2D eigenvalue weighted by molar-refractivity contribution is 6.17. The molecule has 33 heavy (non-hydrogen) atoms. The molecule has 0 unspecified atom stereocenters. The van der Waals surface area contributed by atoms with Crippen molar-refractivity contribution in [1.29, 1.82) is 0 Å². The predicted octanol–water partition coefficient (Wildman–Crippen LogP) is 1.54. The van der Waals surface area contributed by atoms with Gasteiger partial charge in [0.1, 0.15) is 12.2 Å². The Bertz CT molecular complexity index is 826. The lowest BCUT2D eigenvalue weighted by Crippen LogP contribution is -2.62. The molecule has 3 saturated carbocycles. The Morgan fingerprint density at radius 2 is 1.91 bits per heavy atom. The first-order valence-corrected chi connectivity index (χ1v) is 12.5. The van der Waals surface area contributed by atoms with Crippen molar-refractivity contribution >= 4 is 29.1 Å². The number of carbonyl (C=O) groups is 3. The van der Waals surface area contributed by atoms with Crippen molar-refractivity contribution in [2.75, 3.05) is 12.5 Å². The Morgan fingerprint density at radius 3 is 2.48 bits per heavy atom. The molecule has 4 aliphatic rings. The van der Waals surface area contributed by atoms with E-state index in [2.05, 4.69) is 6.92 Å². The summed E-state index contributed by atoms with van der Waals surface area (Å²) in [5, 5.41) is 41.3. The van der Waals surface area contributed by atoms with Crippen LogP contribution in [0.15, 0.2) is 11.6 Å². The van der Waals surface area contributed by atoms with E-state index in [9.17, 15) is 34.8 Å². The fourth-order valence-corrected chi connectivity index (χ4v) is 7.63. The Hall–Kier alpha value is -1.28. The SMILES string of the molecule is C[C@]12CCC(=O)C=C1CC[C@@H]1[C@@H]2[C@@H](O)C[C@@]2(C)[C@H]1CC[C@]2(O)C(=O)CO.O=C([O-])CCCCl. The van der Waals surface area contributed by atoms with E-state index in [-0.39, 0.29) is 35.4 Å². The van der Waals surface area contributed by atoms with Crippen molar-refractivity contribution < 1.29 is 34.8 Å². The molecular formula is C25H36ClO7-. The van der Waals surface area contributed by atoms with Crippen LogP contribution >= 0.6 is 11.6 Å². The lowest BCUT2D eigenvalue weighted by molar-refractivity contribution is -0.305. The molecule has 7 atom stereocenters. The number of fused-ring (bicyclic) bond motifs is 5. The number of allylic oxidation sites excluding steroid dienone is 1. The first-order chi connectivity index (χ1) is 15.4. The number of Topliss-reactive ketones (excluding diaryl/α,β-unsaturated/α-hetero) is 1. The van der Waals surface area contributed by atoms with E-state index in [1.807, 2.05) is 6.92 Å². The molecule has 0 heterocycles. The van der Waals surface area contributed by atoms with Crippen LogP contribution in [0.5, 0.6) is 0 Å². The van der Waals surface area contributed by atoms with Gasteiger partial charge in [0.25, 0.3) is 0 Å². The van der Waals surface area contributed by atoms with Crippen molar-refractivity contribution in [2.45, 2.75) is 83.3 Å². The van der Waals surface area contributed by atoms with Crippen LogP contribution in [0.25, 0.3) is 0 Å². The smallest absolute Gasteiger partial charge is 0.190 e. The Balaban J connectivity index is 0.000000383. The number of carboxylic acids is 1. The van der Waals surface area contributed by atoms with Gasteiger partial charge in [-0.1, -0.05) is 19.4 Å². The van der Waals surface area contributed by atoms with Gasteiger partial charge in [-0.25, -0.2) is 0 Å². The van der Waals surface area contributed by atoms with Crippen molar-refractivity contribution in [3.8, 4) is 0 Å². The van der Waals surface area contributed by atoms with Crippen LogP contribution in [0.4, 0.5) is 0 Å². The third-order valence-electron chi connectivity index (χ3n) is 9.17. The van der Waals surface area contributed by atoms with Gasteiger partial charge in [-0.3, -0.25) is 9.59 Å². The molecule has 8 heteroatoms. The maximum Gasteiger partial charge on any atom is 0.190 e. The van der Waals surface area contributed by atoms with E-state index >= 15 is 0 Å². The van der Waals surface area contributed by atoms with E-state index in [0.717, 1.165) is 25.7 Å². The molecule has 0 spiro atoms. The van der Waals surface area contributed by atoms with Gasteiger partial charge in [-0.15, -0.1) is 11.6 Å². The first-order valence-electron chi connectivity index (χ1n) is 12.0. The number of aliphatic hydroxyl groups is 3. The Labute approximate surface area is 200 Å². The molecule has 3 fully saturated rings. The average Bonchev–Trinajstić information content (AvgIpc) is 3.03. The number of carboxylic acid groups (broad SMARTS) is 1. The van der Waals surface area contributed by atoms with Crippen molar-refractivity contribution in [3.63, 3.8) is 0 Å². The summed E-state index contributed by atoms with van der Waals surface area (Å²) >= 11 is 5.15. The van der Waals surface area contributed by atoms with Crippen molar-refractivity contribution in [2.24, 2.45) is 28.6 Å². The van der Waals surface area contributed by atoms with E-state index in [1.54, 1.807) is 6.08 Å². The normalized spacial score (nSPS) is 41.6. The van der Waals surface area contributed by atoms with Gasteiger partial charge in [0, 0.05) is 23.7 Å². The maximum absolute atomic E-state index is 12.4. The third-order valence-corrected chi connectivity index (χ3v) is 9.44. The van der Waals surface area contributed by atoms with Crippen LogP contribution in [0.2, 0.25) is 0 Å². The summed E-state index contributed by atoms with van der Waals surface area (Å²) < 4.78 is 0. The van der Waals surface area contributed by atoms with Gasteiger partial charge in [-0.05, 0) is 80.6 Å². The summed E-state index contributed by atoms with van der Waals surface area (Å²) in [5.74, 6) is -0.490. The third kappa shape index (κ3) is 4.42. The number of hydrogen-bond donors (Lipinski definition) is 3. The standard InChI is InChI=1S/C21H30O5.C4H7ClO2/c1-19-7-5-13(23)9-12(19)3-4-14-15-6-8-21(26,17(25)11-22)20(15,2)10-16(24)18(14)19;5-3-1-2-4(6)7/h9,14-16,18,22,24,26H,3-8,10-11H2,1-2H3;1-3H2,(H,6,7)/p-1/t14-,15-,16-,18+,19-,20-,21-;/m0./s1. The van der Waals surface area contributed by atoms with E-state index < -0.39 is 35.5 Å². The molecule has 0 aromatic heterocycles. The number of aliphatic carboxylic acids is 1. The quantitative estimate of drug-likeness (QED) is 0.504. The zero-order valence-corrected chi connectivity index (χ0v) is 20.3. The lowest BCUT2D eigenvalue weighted by Gasteiger charge is -2.60. The zero-order chi connectivity index (χ0) is 24.6. The summed E-state index contributed by atoms with van der Waals surface area (Å²) in [5.41, 5.74) is -1.23. The van der Waals surface area contributed by atoms with Crippen LogP contribution in [-0.4, -0.2) is 57.0 Å². The molecule has 7 nitrogen and oxygen atoms in total. The van der Waals surface area contributed by atoms with Crippen LogP contribution < -0.4 is 5.11 Å². The topological polar surface area (TPSA) is 135 Å².